The van der Waals surface area contributed by atoms with Crippen molar-refractivity contribution in [2.45, 2.75) is 6.92 Å². The van der Waals surface area contributed by atoms with Crippen LogP contribution in [-0.2, 0) is 0 Å². The molecule has 0 bridgehead atoms. The predicted molar refractivity (Wildman–Crippen MR) is 89.2 cm³/mol. The number of nitrogens with zero attached hydrogens (tertiary/aromatic N) is 1. The summed E-state index contributed by atoms with van der Waals surface area (Å²) in [5, 5.41) is 4.54. The number of halogens is 2. The van der Waals surface area contributed by atoms with Crippen LogP contribution in [0.3, 0.4) is 0 Å². The molecule has 1 aromatic heterocycles. The molecule has 2 N–H and O–H groups in total. The Kier molecular flexibility index (Phi) is 3.74. The molecule has 3 nitrogen and oxygen atoms in total. The number of hydrogen-bond donors (Lipinski definition) is 1. The Morgan fingerprint density at radius 3 is 2.67 bits per heavy atom. The Bertz CT molecular complexity index is 814. The Morgan fingerprint density at radius 1 is 1.14 bits per heavy atom. The lowest BCUT2D eigenvalue weighted by atomic mass is 9.98. The molecule has 0 aliphatic carbocycles. The largest absolute Gasteiger partial charge is 0.380 e. The van der Waals surface area contributed by atoms with E-state index in [-0.39, 0.29) is 0 Å². The number of anilines is 1. The van der Waals surface area contributed by atoms with Gasteiger partial charge in [0.15, 0.2) is 11.6 Å². The standard InChI is InChI=1S/C16H12BrClN2O/c1-9-4-2-3-5-11(9)14-15(21-20-16(14)19)12-8-10(18)6-7-13(12)17/h2-8H,1H3,(H2,19,20). The van der Waals surface area contributed by atoms with Crippen molar-refractivity contribution in [2.24, 2.45) is 0 Å². The monoisotopic (exact) mass is 362 g/mol. The van der Waals surface area contributed by atoms with Crippen LogP contribution in [0.25, 0.3) is 22.5 Å². The van der Waals surface area contributed by atoms with Gasteiger partial charge in [0, 0.05) is 15.1 Å². The number of aromatic nitrogens is 1. The molecule has 0 unspecified atom stereocenters. The first-order chi connectivity index (χ1) is 10.1. The fourth-order valence-corrected chi connectivity index (χ4v) is 2.87. The van der Waals surface area contributed by atoms with Gasteiger partial charge >= 0.3 is 0 Å². The van der Waals surface area contributed by atoms with E-state index < -0.39 is 0 Å². The first kappa shape index (κ1) is 14.2. The SMILES string of the molecule is Cc1ccccc1-c1c(N)noc1-c1cc(Cl)ccc1Br. The summed E-state index contributed by atoms with van der Waals surface area (Å²) in [6.45, 7) is 2.03. The molecule has 0 aliphatic heterocycles. The smallest absolute Gasteiger partial charge is 0.178 e. The van der Waals surface area contributed by atoms with Crippen molar-refractivity contribution in [1.82, 2.24) is 5.16 Å². The van der Waals surface area contributed by atoms with Crippen LogP contribution in [0.15, 0.2) is 51.5 Å². The molecular formula is C16H12BrClN2O. The molecule has 0 atom stereocenters. The summed E-state index contributed by atoms with van der Waals surface area (Å²) < 4.78 is 6.34. The summed E-state index contributed by atoms with van der Waals surface area (Å²) in [4.78, 5) is 0. The second-order valence-electron chi connectivity index (χ2n) is 4.71. The molecule has 0 fully saturated rings. The normalized spacial score (nSPS) is 10.8. The maximum atomic E-state index is 6.09. The highest BCUT2D eigenvalue weighted by atomic mass is 79.9. The van der Waals surface area contributed by atoms with E-state index in [1.807, 2.05) is 49.4 Å². The number of benzene rings is 2. The molecule has 21 heavy (non-hydrogen) atoms. The van der Waals surface area contributed by atoms with E-state index in [9.17, 15) is 0 Å². The van der Waals surface area contributed by atoms with Gasteiger partial charge in [-0.15, -0.1) is 0 Å². The Labute approximate surface area is 135 Å². The second-order valence-corrected chi connectivity index (χ2v) is 6.00. The molecule has 0 saturated carbocycles. The highest BCUT2D eigenvalue weighted by molar-refractivity contribution is 9.10. The molecule has 0 radical (unpaired) electrons. The van der Waals surface area contributed by atoms with E-state index in [1.54, 1.807) is 0 Å². The molecule has 5 heteroatoms. The summed E-state index contributed by atoms with van der Waals surface area (Å²) in [6, 6.07) is 13.5. The number of nitrogen functional groups attached to an aromatic ring is 1. The molecule has 0 saturated heterocycles. The van der Waals surface area contributed by atoms with Crippen LogP contribution in [0.1, 0.15) is 5.56 Å². The molecule has 0 amide bonds. The van der Waals surface area contributed by atoms with E-state index in [0.29, 0.717) is 16.6 Å². The van der Waals surface area contributed by atoms with Gasteiger partial charge in [-0.3, -0.25) is 0 Å². The van der Waals surface area contributed by atoms with E-state index in [4.69, 9.17) is 21.9 Å². The number of nitrogens with two attached hydrogens (primary N) is 1. The summed E-state index contributed by atoms with van der Waals surface area (Å²) in [5.74, 6) is 0.974. The Hall–Kier alpha value is -1.78. The molecular weight excluding hydrogens is 352 g/mol. The Balaban J connectivity index is 2.27. The third kappa shape index (κ3) is 2.57. The van der Waals surface area contributed by atoms with Gasteiger partial charge < -0.3 is 10.3 Å². The summed E-state index contributed by atoms with van der Waals surface area (Å²) in [6.07, 6.45) is 0. The van der Waals surface area contributed by atoms with Crippen LogP contribution >= 0.6 is 27.5 Å². The zero-order valence-electron chi connectivity index (χ0n) is 11.2. The summed E-state index contributed by atoms with van der Waals surface area (Å²) in [7, 11) is 0. The maximum absolute atomic E-state index is 6.09. The zero-order valence-corrected chi connectivity index (χ0v) is 13.6. The minimum atomic E-state index is 0.367. The lowest BCUT2D eigenvalue weighted by Crippen LogP contribution is -1.91. The second kappa shape index (κ2) is 5.54. The summed E-state index contributed by atoms with van der Waals surface area (Å²) in [5.41, 5.74) is 9.73. The van der Waals surface area contributed by atoms with Gasteiger partial charge in [0.1, 0.15) is 0 Å². The van der Waals surface area contributed by atoms with Crippen LogP contribution in [0.2, 0.25) is 5.02 Å². The van der Waals surface area contributed by atoms with Gasteiger partial charge in [0.05, 0.1) is 5.56 Å². The van der Waals surface area contributed by atoms with Crippen LogP contribution in [0.4, 0.5) is 5.82 Å². The number of aryl methyl sites for hydroxylation is 1. The van der Waals surface area contributed by atoms with E-state index in [2.05, 4.69) is 21.1 Å². The van der Waals surface area contributed by atoms with Gasteiger partial charge in [-0.05, 0) is 36.2 Å². The molecule has 2 aromatic carbocycles. The van der Waals surface area contributed by atoms with E-state index in [1.165, 1.54) is 0 Å². The van der Waals surface area contributed by atoms with Crippen molar-refractivity contribution in [2.75, 3.05) is 5.73 Å². The fraction of sp³-hybridized carbons (Fsp3) is 0.0625. The van der Waals surface area contributed by atoms with Crippen molar-refractivity contribution in [3.63, 3.8) is 0 Å². The Morgan fingerprint density at radius 2 is 1.90 bits per heavy atom. The molecule has 1 heterocycles. The van der Waals surface area contributed by atoms with Crippen molar-refractivity contribution >= 4 is 33.3 Å². The lowest BCUT2D eigenvalue weighted by Gasteiger charge is -2.07. The molecule has 106 valence electrons. The zero-order chi connectivity index (χ0) is 15.0. The van der Waals surface area contributed by atoms with Crippen molar-refractivity contribution in [1.29, 1.82) is 0 Å². The summed E-state index contributed by atoms with van der Waals surface area (Å²) >= 11 is 9.60. The van der Waals surface area contributed by atoms with Crippen molar-refractivity contribution in [3.8, 4) is 22.5 Å². The molecule has 0 aliphatic rings. The minimum Gasteiger partial charge on any atom is -0.380 e. The lowest BCUT2D eigenvalue weighted by molar-refractivity contribution is 0.436. The number of rotatable bonds is 2. The quantitative estimate of drug-likeness (QED) is 0.671. The molecule has 3 rings (SSSR count). The van der Waals surface area contributed by atoms with E-state index in [0.717, 1.165) is 26.7 Å². The average molecular weight is 364 g/mol. The van der Waals surface area contributed by atoms with Gasteiger partial charge in [-0.1, -0.05) is 57.0 Å². The number of hydrogen-bond acceptors (Lipinski definition) is 3. The van der Waals surface area contributed by atoms with Crippen LogP contribution < -0.4 is 5.73 Å². The first-order valence-electron chi connectivity index (χ1n) is 6.34. The van der Waals surface area contributed by atoms with Crippen LogP contribution in [-0.4, -0.2) is 5.16 Å². The van der Waals surface area contributed by atoms with Gasteiger partial charge in [0.2, 0.25) is 0 Å². The van der Waals surface area contributed by atoms with Crippen molar-refractivity contribution in [3.05, 3.63) is 57.5 Å². The van der Waals surface area contributed by atoms with Crippen LogP contribution in [0.5, 0.6) is 0 Å². The third-order valence-electron chi connectivity index (χ3n) is 3.31. The topological polar surface area (TPSA) is 52.0 Å². The van der Waals surface area contributed by atoms with Gasteiger partial charge in [0.25, 0.3) is 0 Å². The van der Waals surface area contributed by atoms with E-state index >= 15 is 0 Å². The average Bonchev–Trinajstić information content (AvgIpc) is 2.84. The highest BCUT2D eigenvalue weighted by Gasteiger charge is 2.20. The van der Waals surface area contributed by atoms with Gasteiger partial charge in [-0.25, -0.2) is 0 Å². The first-order valence-corrected chi connectivity index (χ1v) is 7.51. The predicted octanol–water partition coefficient (Wildman–Crippen LogP) is 5.32. The van der Waals surface area contributed by atoms with Crippen LogP contribution in [0, 0.1) is 6.92 Å². The maximum Gasteiger partial charge on any atom is 0.178 e. The van der Waals surface area contributed by atoms with Crippen molar-refractivity contribution < 1.29 is 4.52 Å². The fourth-order valence-electron chi connectivity index (χ4n) is 2.27. The highest BCUT2D eigenvalue weighted by Crippen LogP contribution is 2.41. The van der Waals surface area contributed by atoms with Gasteiger partial charge in [-0.2, -0.15) is 0 Å². The third-order valence-corrected chi connectivity index (χ3v) is 4.23. The minimum absolute atomic E-state index is 0.367. The molecule has 0 spiro atoms. The molecule has 3 aromatic rings.